The fourth-order valence-electron chi connectivity index (χ4n) is 1.75. The first-order chi connectivity index (χ1) is 9.33. The van der Waals surface area contributed by atoms with Crippen molar-refractivity contribution in [2.45, 2.75) is 19.8 Å². The fourth-order valence-corrected chi connectivity index (χ4v) is 1.75. The van der Waals surface area contributed by atoms with Crippen LogP contribution in [0.25, 0.3) is 0 Å². The Kier molecular flexibility index (Phi) is 3.83. The minimum atomic E-state index is -4.68. The van der Waals surface area contributed by atoms with E-state index in [1.165, 1.54) is 19.1 Å². The van der Waals surface area contributed by atoms with Gasteiger partial charge in [-0.25, -0.2) is 0 Å². The zero-order valence-electron chi connectivity index (χ0n) is 10.6. The van der Waals surface area contributed by atoms with E-state index in [0.717, 1.165) is 5.56 Å². The van der Waals surface area contributed by atoms with Crippen molar-refractivity contribution in [2.24, 2.45) is 0 Å². The average Bonchev–Trinajstić information content (AvgIpc) is 2.78. The topological polar surface area (TPSA) is 31.2 Å². The highest BCUT2D eigenvalue weighted by molar-refractivity contribution is 5.93. The van der Waals surface area contributed by atoms with Crippen LogP contribution in [0, 0.1) is 0 Å². The van der Waals surface area contributed by atoms with Crippen LogP contribution in [-0.2, 0) is 6.54 Å². The largest absolute Gasteiger partial charge is 0.573 e. The Labute approximate surface area is 113 Å². The Hall–Kier alpha value is -2.24. The van der Waals surface area contributed by atoms with Crippen molar-refractivity contribution < 1.29 is 22.7 Å². The summed E-state index contributed by atoms with van der Waals surface area (Å²) in [5, 5.41) is 0. The maximum atomic E-state index is 12.0. The minimum absolute atomic E-state index is 0.0299. The third-order valence-electron chi connectivity index (χ3n) is 2.68. The lowest BCUT2D eigenvalue weighted by molar-refractivity contribution is -0.274. The summed E-state index contributed by atoms with van der Waals surface area (Å²) in [5.74, 6) is -0.282. The van der Waals surface area contributed by atoms with Gasteiger partial charge < -0.3 is 9.30 Å². The van der Waals surface area contributed by atoms with Crippen LogP contribution >= 0.6 is 0 Å². The molecule has 1 heterocycles. The van der Waals surface area contributed by atoms with E-state index in [9.17, 15) is 18.0 Å². The zero-order valence-corrected chi connectivity index (χ0v) is 10.6. The number of benzene rings is 1. The minimum Gasteiger partial charge on any atom is -0.406 e. The number of Topliss-reactive ketones (excluding diaryl/α,β-unsaturated/α-hetero) is 1. The second-order valence-corrected chi connectivity index (χ2v) is 4.32. The van der Waals surface area contributed by atoms with Gasteiger partial charge in [0.15, 0.2) is 5.78 Å². The molecule has 0 bridgehead atoms. The first kappa shape index (κ1) is 14.2. The second-order valence-electron chi connectivity index (χ2n) is 4.32. The molecule has 0 aliphatic carbocycles. The molecule has 0 N–H and O–H groups in total. The summed E-state index contributed by atoms with van der Waals surface area (Å²) >= 11 is 0. The van der Waals surface area contributed by atoms with Gasteiger partial charge in [-0.3, -0.25) is 4.79 Å². The fraction of sp³-hybridized carbons (Fsp3) is 0.214. The standard InChI is InChI=1S/C14H12F3NO2/c1-10(19)12-6-7-18(9-12)8-11-2-4-13(5-3-11)20-14(15,16)17/h2-7,9H,8H2,1H3. The van der Waals surface area contributed by atoms with Gasteiger partial charge in [-0.15, -0.1) is 13.2 Å². The van der Waals surface area contributed by atoms with E-state index in [1.54, 1.807) is 35.2 Å². The van der Waals surface area contributed by atoms with E-state index in [0.29, 0.717) is 12.1 Å². The number of halogens is 3. The van der Waals surface area contributed by atoms with E-state index in [4.69, 9.17) is 0 Å². The predicted molar refractivity (Wildman–Crippen MR) is 66.7 cm³/mol. The molecule has 6 heteroatoms. The molecule has 3 nitrogen and oxygen atoms in total. The van der Waals surface area contributed by atoms with Crippen LogP contribution in [0.3, 0.4) is 0 Å². The first-order valence-corrected chi connectivity index (χ1v) is 5.85. The molecule has 106 valence electrons. The van der Waals surface area contributed by atoms with E-state index in [1.807, 2.05) is 0 Å². The Balaban J connectivity index is 2.04. The number of nitrogens with zero attached hydrogens (tertiary/aromatic N) is 1. The summed E-state index contributed by atoms with van der Waals surface area (Å²) in [7, 11) is 0. The monoisotopic (exact) mass is 283 g/mol. The van der Waals surface area contributed by atoms with Crippen molar-refractivity contribution in [3.05, 3.63) is 53.9 Å². The summed E-state index contributed by atoms with van der Waals surface area (Å²) in [6.07, 6.45) is -1.24. The molecule has 0 aliphatic heterocycles. The van der Waals surface area contributed by atoms with Crippen molar-refractivity contribution >= 4 is 5.78 Å². The van der Waals surface area contributed by atoms with Gasteiger partial charge in [-0.1, -0.05) is 12.1 Å². The molecular weight excluding hydrogens is 271 g/mol. The number of aromatic nitrogens is 1. The molecule has 0 unspecified atom stereocenters. The molecule has 0 saturated carbocycles. The summed E-state index contributed by atoms with van der Waals surface area (Å²) in [5.41, 5.74) is 1.41. The van der Waals surface area contributed by atoms with Crippen LogP contribution in [0.2, 0.25) is 0 Å². The highest BCUT2D eigenvalue weighted by atomic mass is 19.4. The summed E-state index contributed by atoms with van der Waals surface area (Å²) < 4.78 is 41.6. The molecule has 1 aromatic carbocycles. The van der Waals surface area contributed by atoms with Gasteiger partial charge in [0.1, 0.15) is 5.75 Å². The van der Waals surface area contributed by atoms with Gasteiger partial charge in [-0.2, -0.15) is 0 Å². The van der Waals surface area contributed by atoms with Crippen molar-refractivity contribution in [1.29, 1.82) is 0 Å². The molecular formula is C14H12F3NO2. The Morgan fingerprint density at radius 3 is 2.35 bits per heavy atom. The van der Waals surface area contributed by atoms with E-state index < -0.39 is 6.36 Å². The van der Waals surface area contributed by atoms with E-state index >= 15 is 0 Å². The summed E-state index contributed by atoms with van der Waals surface area (Å²) in [6.45, 7) is 1.95. The van der Waals surface area contributed by atoms with Crippen molar-refractivity contribution in [3.63, 3.8) is 0 Å². The zero-order chi connectivity index (χ0) is 14.8. The Morgan fingerprint density at radius 2 is 1.85 bits per heavy atom. The number of hydrogen-bond donors (Lipinski definition) is 0. The number of hydrogen-bond acceptors (Lipinski definition) is 2. The predicted octanol–water partition coefficient (Wildman–Crippen LogP) is 3.64. The third kappa shape index (κ3) is 3.88. The highest BCUT2D eigenvalue weighted by Gasteiger charge is 2.30. The number of carbonyl (C=O) groups excluding carboxylic acids is 1. The molecule has 0 aliphatic rings. The van der Waals surface area contributed by atoms with Gasteiger partial charge in [0, 0.05) is 24.5 Å². The van der Waals surface area contributed by atoms with Gasteiger partial charge >= 0.3 is 6.36 Å². The number of alkyl halides is 3. The molecule has 0 fully saturated rings. The molecule has 0 atom stereocenters. The van der Waals surface area contributed by atoms with Gasteiger partial charge in [-0.05, 0) is 30.7 Å². The normalized spacial score (nSPS) is 11.4. The SMILES string of the molecule is CC(=O)c1ccn(Cc2ccc(OC(F)(F)F)cc2)c1. The molecule has 20 heavy (non-hydrogen) atoms. The number of carbonyl (C=O) groups is 1. The van der Waals surface area contributed by atoms with Crippen LogP contribution < -0.4 is 4.74 Å². The van der Waals surface area contributed by atoms with Crippen LogP contribution in [-0.4, -0.2) is 16.7 Å². The summed E-state index contributed by atoms with van der Waals surface area (Å²) in [6, 6.07) is 7.32. The van der Waals surface area contributed by atoms with Gasteiger partial charge in [0.2, 0.25) is 0 Å². The van der Waals surface area contributed by atoms with Crippen LogP contribution in [0.5, 0.6) is 5.75 Å². The van der Waals surface area contributed by atoms with Crippen molar-refractivity contribution in [1.82, 2.24) is 4.57 Å². The maximum absolute atomic E-state index is 12.0. The number of ether oxygens (including phenoxy) is 1. The third-order valence-corrected chi connectivity index (χ3v) is 2.68. The molecule has 1 aromatic heterocycles. The number of ketones is 1. The molecule has 0 radical (unpaired) electrons. The molecule has 2 rings (SSSR count). The first-order valence-electron chi connectivity index (χ1n) is 5.85. The van der Waals surface area contributed by atoms with Crippen LogP contribution in [0.4, 0.5) is 13.2 Å². The molecule has 0 saturated heterocycles. The van der Waals surface area contributed by atoms with E-state index in [2.05, 4.69) is 4.74 Å². The Bertz CT molecular complexity index is 600. The molecule has 2 aromatic rings. The second kappa shape index (κ2) is 5.40. The smallest absolute Gasteiger partial charge is 0.406 e. The van der Waals surface area contributed by atoms with E-state index in [-0.39, 0.29) is 11.5 Å². The lowest BCUT2D eigenvalue weighted by Crippen LogP contribution is -2.17. The maximum Gasteiger partial charge on any atom is 0.573 e. The van der Waals surface area contributed by atoms with Crippen LogP contribution in [0.15, 0.2) is 42.7 Å². The van der Waals surface area contributed by atoms with Gasteiger partial charge in [0.05, 0.1) is 0 Å². The van der Waals surface area contributed by atoms with Crippen LogP contribution in [0.1, 0.15) is 22.8 Å². The highest BCUT2D eigenvalue weighted by Crippen LogP contribution is 2.23. The van der Waals surface area contributed by atoms with Crippen molar-refractivity contribution in [3.8, 4) is 5.75 Å². The lowest BCUT2D eigenvalue weighted by Gasteiger charge is -2.09. The van der Waals surface area contributed by atoms with Gasteiger partial charge in [0.25, 0.3) is 0 Å². The quantitative estimate of drug-likeness (QED) is 0.802. The number of rotatable bonds is 4. The Morgan fingerprint density at radius 1 is 1.20 bits per heavy atom. The lowest BCUT2D eigenvalue weighted by atomic mass is 10.2. The van der Waals surface area contributed by atoms with Crippen molar-refractivity contribution in [2.75, 3.05) is 0 Å². The summed E-state index contributed by atoms with van der Waals surface area (Å²) in [4.78, 5) is 11.2. The average molecular weight is 283 g/mol. The molecule has 0 spiro atoms. The molecule has 0 amide bonds.